The van der Waals surface area contributed by atoms with Gasteiger partial charge in [0.25, 0.3) is 0 Å². The van der Waals surface area contributed by atoms with Gasteiger partial charge in [0, 0.05) is 6.42 Å². The number of nitrogens with zero attached hydrogens (tertiary/aromatic N) is 1. The van der Waals surface area contributed by atoms with Gasteiger partial charge < -0.3 is 4.55 Å². The predicted molar refractivity (Wildman–Crippen MR) is 129 cm³/mol. The summed E-state index contributed by atoms with van der Waals surface area (Å²) in [6.07, 6.45) is 30.6. The molecule has 0 saturated carbocycles. The van der Waals surface area contributed by atoms with Gasteiger partial charge in [-0.2, -0.15) is 13.2 Å². The van der Waals surface area contributed by atoms with Gasteiger partial charge in [-0.05, 0) is 31.4 Å². The summed E-state index contributed by atoms with van der Waals surface area (Å²) in [6.45, 7) is 5.91. The Balaban J connectivity index is 0.00000109. The summed E-state index contributed by atoms with van der Waals surface area (Å²) < 4.78 is 60.0. The number of hydrogen-bond donors (Lipinski definition) is 0. The van der Waals surface area contributed by atoms with Crippen LogP contribution in [-0.4, -0.2) is 42.6 Å². The van der Waals surface area contributed by atoms with E-state index in [1.165, 1.54) is 103 Å². The molecule has 33 heavy (non-hydrogen) atoms. The van der Waals surface area contributed by atoms with Gasteiger partial charge in [0.15, 0.2) is 10.1 Å². The van der Waals surface area contributed by atoms with E-state index in [4.69, 9.17) is 13.0 Å². The normalized spacial score (nSPS) is 20.5. The Morgan fingerprint density at radius 1 is 0.788 bits per heavy atom. The molecule has 0 bridgehead atoms. The molecule has 0 N–H and O–H groups in total. The number of quaternary nitrogens is 1. The highest BCUT2D eigenvalue weighted by Crippen LogP contribution is 2.24. The minimum Gasteiger partial charge on any atom is -0.741 e. The van der Waals surface area contributed by atoms with E-state index in [-0.39, 0.29) is 0 Å². The van der Waals surface area contributed by atoms with Crippen LogP contribution in [0.5, 0.6) is 0 Å². The highest BCUT2D eigenvalue weighted by atomic mass is 32.2. The average molecular weight is 498 g/mol. The van der Waals surface area contributed by atoms with Gasteiger partial charge in [0.2, 0.25) is 0 Å². The monoisotopic (exact) mass is 497 g/mol. The molecule has 0 fully saturated rings. The first-order valence-corrected chi connectivity index (χ1v) is 14.1. The highest BCUT2D eigenvalue weighted by molar-refractivity contribution is 7.86. The molecule has 0 radical (unpaired) electrons. The minimum absolute atomic E-state index is 0.709. The van der Waals surface area contributed by atoms with Crippen LogP contribution in [0.1, 0.15) is 110 Å². The van der Waals surface area contributed by atoms with Gasteiger partial charge in [-0.25, -0.2) is 8.42 Å². The van der Waals surface area contributed by atoms with Crippen LogP contribution in [0, 0.1) is 0 Å². The first kappa shape index (κ1) is 32.1. The zero-order valence-electron chi connectivity index (χ0n) is 20.9. The van der Waals surface area contributed by atoms with Crippen LogP contribution in [0.25, 0.3) is 0 Å². The van der Waals surface area contributed by atoms with Crippen molar-refractivity contribution in [3.8, 4) is 0 Å². The first-order valence-electron chi connectivity index (χ1n) is 12.7. The summed E-state index contributed by atoms with van der Waals surface area (Å²) in [4.78, 5) is 0. The maximum Gasteiger partial charge on any atom is 0.485 e. The second-order valence-electron chi connectivity index (χ2n) is 9.30. The maximum absolute atomic E-state index is 10.7. The molecule has 1 heterocycles. The molecule has 4 nitrogen and oxygen atoms in total. The number of unbranched alkanes of at least 4 members (excludes halogenated alkanes) is 12. The largest absolute Gasteiger partial charge is 0.741 e. The van der Waals surface area contributed by atoms with E-state index < -0.39 is 15.6 Å². The Morgan fingerprint density at radius 3 is 1.67 bits per heavy atom. The van der Waals surface area contributed by atoms with Crippen molar-refractivity contribution < 1.29 is 30.6 Å². The standard InChI is InChI=1S/C24H46N.CHF3O3S/c1-4-6-8-10-12-14-16-20-24-21-17-19-23-25(24,3)22-18-15-13-11-9-7-5-2;2-1(3,4)8(5,6)7/h17,19,21,23-24H,4-16,18,20,22H2,1-3H3;(H,5,6,7)/q+1;/p-1. The Morgan fingerprint density at radius 2 is 1.21 bits per heavy atom. The summed E-state index contributed by atoms with van der Waals surface area (Å²) in [5.41, 5.74) is -5.65. The topological polar surface area (TPSA) is 57.2 Å². The van der Waals surface area contributed by atoms with Gasteiger partial charge in [-0.1, -0.05) is 90.6 Å². The lowest BCUT2D eigenvalue weighted by atomic mass is 10.00. The first-order chi connectivity index (χ1) is 15.5. The molecule has 0 aromatic carbocycles. The molecular weight excluding hydrogens is 451 g/mol. The van der Waals surface area contributed by atoms with E-state index in [2.05, 4.69) is 45.3 Å². The molecular formula is C25H46F3NO3S. The van der Waals surface area contributed by atoms with Crippen LogP contribution in [-0.2, 0) is 10.1 Å². The number of alkyl halides is 3. The molecule has 196 valence electrons. The second-order valence-corrected chi connectivity index (χ2v) is 10.7. The molecule has 0 amide bonds. The fraction of sp³-hybridized carbons (Fsp3) is 0.840. The fourth-order valence-electron chi connectivity index (χ4n) is 4.10. The van der Waals surface area contributed by atoms with Gasteiger partial charge in [-0.3, -0.25) is 4.48 Å². The van der Waals surface area contributed by atoms with Gasteiger partial charge in [-0.15, -0.1) is 0 Å². The molecule has 0 aromatic rings. The van der Waals surface area contributed by atoms with E-state index in [1.54, 1.807) is 0 Å². The molecule has 0 aliphatic carbocycles. The lowest BCUT2D eigenvalue weighted by Gasteiger charge is -2.38. The van der Waals surface area contributed by atoms with Crippen molar-refractivity contribution in [3.05, 3.63) is 24.4 Å². The van der Waals surface area contributed by atoms with Gasteiger partial charge >= 0.3 is 5.51 Å². The van der Waals surface area contributed by atoms with Gasteiger partial charge in [0.1, 0.15) is 6.04 Å². The summed E-state index contributed by atoms with van der Waals surface area (Å²) in [6, 6.07) is 0.709. The zero-order valence-corrected chi connectivity index (χ0v) is 21.7. The summed E-state index contributed by atoms with van der Waals surface area (Å²) >= 11 is 0. The van der Waals surface area contributed by atoms with Crippen molar-refractivity contribution in [2.45, 2.75) is 122 Å². The van der Waals surface area contributed by atoms with E-state index in [0.29, 0.717) is 6.04 Å². The quantitative estimate of drug-likeness (QED) is 0.0945. The average Bonchev–Trinajstić information content (AvgIpc) is 2.73. The van der Waals surface area contributed by atoms with E-state index in [1.807, 2.05) is 0 Å². The Kier molecular flexibility index (Phi) is 17.1. The minimum atomic E-state index is -6.09. The fourth-order valence-corrected chi connectivity index (χ4v) is 4.10. The van der Waals surface area contributed by atoms with E-state index in [0.717, 1.165) is 4.48 Å². The predicted octanol–water partition coefficient (Wildman–Crippen LogP) is 7.83. The molecule has 1 aliphatic heterocycles. The smallest absolute Gasteiger partial charge is 0.485 e. The van der Waals surface area contributed by atoms with Crippen LogP contribution in [0.3, 0.4) is 0 Å². The molecule has 0 saturated heterocycles. The van der Waals surface area contributed by atoms with Crippen molar-refractivity contribution in [1.29, 1.82) is 0 Å². The number of likely N-dealkylation sites (N-methyl/N-ethyl adjacent to an activating group) is 1. The molecule has 1 rings (SSSR count). The molecule has 2 atom stereocenters. The lowest BCUT2D eigenvalue weighted by molar-refractivity contribution is -0.879. The van der Waals surface area contributed by atoms with Crippen molar-refractivity contribution >= 4 is 10.1 Å². The number of rotatable bonds is 16. The van der Waals surface area contributed by atoms with Crippen LogP contribution in [0.15, 0.2) is 24.4 Å². The third-order valence-electron chi connectivity index (χ3n) is 6.26. The Bertz CT molecular complexity index is 648. The summed E-state index contributed by atoms with van der Waals surface area (Å²) in [7, 11) is -3.64. The third kappa shape index (κ3) is 15.6. The summed E-state index contributed by atoms with van der Waals surface area (Å²) in [5, 5.41) is 0. The molecule has 2 unspecified atom stereocenters. The van der Waals surface area contributed by atoms with Crippen molar-refractivity contribution in [3.63, 3.8) is 0 Å². The van der Waals surface area contributed by atoms with E-state index in [9.17, 15) is 13.2 Å². The van der Waals surface area contributed by atoms with Crippen LogP contribution in [0.2, 0.25) is 0 Å². The SMILES string of the molecule is CCCCCCCCCC1C=CC=C[N+]1(C)CCCCCCCCC.O=S(=O)([O-])C(F)(F)F. The molecule has 8 heteroatoms. The Hall–Kier alpha value is -0.860. The lowest BCUT2D eigenvalue weighted by Crippen LogP contribution is -2.48. The number of halogens is 3. The summed E-state index contributed by atoms with van der Waals surface area (Å²) in [5.74, 6) is 0. The van der Waals surface area contributed by atoms with Crippen LogP contribution >= 0.6 is 0 Å². The molecule has 0 aromatic heterocycles. The molecule has 1 aliphatic rings. The third-order valence-corrected chi connectivity index (χ3v) is 6.83. The van der Waals surface area contributed by atoms with Gasteiger partial charge in [0.05, 0.1) is 19.8 Å². The maximum atomic E-state index is 10.7. The molecule has 0 spiro atoms. The van der Waals surface area contributed by atoms with Crippen molar-refractivity contribution in [1.82, 2.24) is 0 Å². The highest BCUT2D eigenvalue weighted by Gasteiger charge is 2.37. The van der Waals surface area contributed by atoms with E-state index >= 15 is 0 Å². The zero-order chi connectivity index (χ0) is 25.2. The second kappa shape index (κ2) is 17.6. The number of allylic oxidation sites excluding steroid dienone is 2. The van der Waals surface area contributed by atoms with Crippen LogP contribution < -0.4 is 0 Å². The van der Waals surface area contributed by atoms with Crippen molar-refractivity contribution in [2.75, 3.05) is 13.6 Å². The number of hydrogen-bond acceptors (Lipinski definition) is 3. The van der Waals surface area contributed by atoms with Crippen molar-refractivity contribution in [2.24, 2.45) is 0 Å². The Labute approximate surface area is 200 Å². The van der Waals surface area contributed by atoms with Crippen LogP contribution in [0.4, 0.5) is 13.2 Å².